The molecule has 11 rings (SSSR count). The summed E-state index contributed by atoms with van der Waals surface area (Å²) in [4.78, 5) is 5.78. The van der Waals surface area contributed by atoms with E-state index in [0.29, 0.717) is 0 Å². The molecule has 58 heavy (non-hydrogen) atoms. The van der Waals surface area contributed by atoms with Crippen LogP contribution >= 0.6 is 0 Å². The largest absolute Gasteiger partial charge is 0.309 e. The first-order valence-electron chi connectivity index (χ1n) is 20.0. The Hall–Kier alpha value is -7.49. The predicted molar refractivity (Wildman–Crippen MR) is 244 cm³/mol. The molecule has 11 aromatic rings. The van der Waals surface area contributed by atoms with E-state index >= 15 is 0 Å². The summed E-state index contributed by atoms with van der Waals surface area (Å²) in [6, 6.07) is 72.4. The van der Waals surface area contributed by atoms with E-state index in [1.54, 1.807) is 0 Å². The van der Waals surface area contributed by atoms with E-state index in [1.165, 1.54) is 54.7 Å². The highest BCUT2D eigenvalue weighted by molar-refractivity contribution is 6.11. The van der Waals surface area contributed by atoms with Crippen molar-refractivity contribution >= 4 is 43.6 Å². The first kappa shape index (κ1) is 33.8. The van der Waals surface area contributed by atoms with Crippen molar-refractivity contribution in [2.24, 2.45) is 0 Å². The summed E-state index contributed by atoms with van der Waals surface area (Å²) in [5, 5.41) is 4.93. The molecule has 3 heterocycles. The molecule has 0 atom stereocenters. The summed E-state index contributed by atoms with van der Waals surface area (Å²) in [7, 11) is 0. The lowest BCUT2D eigenvalue weighted by atomic mass is 9.91. The van der Waals surface area contributed by atoms with Gasteiger partial charge in [0.05, 0.1) is 44.8 Å². The Morgan fingerprint density at radius 2 is 0.655 bits per heavy atom. The topological polar surface area (TPSA) is 22.8 Å². The van der Waals surface area contributed by atoms with Crippen LogP contribution in [0.25, 0.3) is 99.8 Å². The molecule has 0 aliphatic carbocycles. The maximum absolute atomic E-state index is 5.78. The minimum Gasteiger partial charge on any atom is -0.309 e. The number of benzene rings is 8. The molecule has 0 radical (unpaired) electrons. The summed E-state index contributed by atoms with van der Waals surface area (Å²) >= 11 is 0. The molecule has 8 aromatic carbocycles. The molecule has 0 unspecified atom stereocenters. The quantitative estimate of drug-likeness (QED) is 0.166. The fourth-order valence-electron chi connectivity index (χ4n) is 9.19. The molecule has 0 fully saturated rings. The van der Waals surface area contributed by atoms with Gasteiger partial charge in [0.1, 0.15) is 0 Å². The van der Waals surface area contributed by atoms with Gasteiger partial charge in [0, 0.05) is 32.7 Å². The second-order valence-corrected chi connectivity index (χ2v) is 15.3. The summed E-state index contributed by atoms with van der Waals surface area (Å²) in [6.07, 6.45) is 0. The zero-order valence-electron chi connectivity index (χ0n) is 32.4. The molecule has 0 aliphatic rings. The predicted octanol–water partition coefficient (Wildman–Crippen LogP) is 14.6. The normalized spacial score (nSPS) is 11.6. The van der Waals surface area contributed by atoms with Gasteiger partial charge in [-0.25, -0.2) is 4.98 Å². The van der Waals surface area contributed by atoms with Gasteiger partial charge in [0.15, 0.2) is 0 Å². The third-order valence-corrected chi connectivity index (χ3v) is 11.6. The van der Waals surface area contributed by atoms with Gasteiger partial charge in [0.2, 0.25) is 0 Å². The van der Waals surface area contributed by atoms with E-state index in [-0.39, 0.29) is 0 Å². The number of aromatic nitrogens is 3. The molecular weight excluding hydrogens is 703 g/mol. The van der Waals surface area contributed by atoms with E-state index in [2.05, 4.69) is 223 Å². The average molecular weight is 742 g/mol. The van der Waals surface area contributed by atoms with E-state index < -0.39 is 0 Å². The summed E-state index contributed by atoms with van der Waals surface area (Å²) in [5.41, 5.74) is 17.9. The molecule has 0 N–H and O–H groups in total. The number of nitrogens with zero attached hydrogens (tertiary/aromatic N) is 3. The van der Waals surface area contributed by atoms with Gasteiger partial charge in [-0.3, -0.25) is 0 Å². The molecule has 0 spiro atoms. The molecule has 3 nitrogen and oxygen atoms in total. The number of hydrogen-bond acceptors (Lipinski definition) is 1. The van der Waals surface area contributed by atoms with Crippen molar-refractivity contribution in [2.45, 2.75) is 13.8 Å². The van der Waals surface area contributed by atoms with E-state index in [0.717, 1.165) is 56.1 Å². The van der Waals surface area contributed by atoms with Crippen molar-refractivity contribution in [3.8, 4) is 56.1 Å². The zero-order valence-corrected chi connectivity index (χ0v) is 32.4. The van der Waals surface area contributed by atoms with Gasteiger partial charge in [0.25, 0.3) is 0 Å². The highest BCUT2D eigenvalue weighted by atomic mass is 15.0. The SMILES string of the molecule is Cc1cc(-c2ccccc2)c(-c2cccc(-c3c(-c4ccccc4)cc(C)cc3-n3c4ccccc4c4ccccc43)n2)c(-n2c3ccccc3c3ccccc32)c1. The van der Waals surface area contributed by atoms with Crippen LogP contribution in [-0.2, 0) is 0 Å². The van der Waals surface area contributed by atoms with Crippen LogP contribution in [0.3, 0.4) is 0 Å². The average Bonchev–Trinajstić information content (AvgIpc) is 3.79. The first-order chi connectivity index (χ1) is 28.6. The third-order valence-electron chi connectivity index (χ3n) is 11.6. The van der Waals surface area contributed by atoms with Gasteiger partial charge in [-0.1, -0.05) is 152 Å². The van der Waals surface area contributed by atoms with Crippen LogP contribution in [0.5, 0.6) is 0 Å². The number of para-hydroxylation sites is 4. The van der Waals surface area contributed by atoms with Crippen molar-refractivity contribution in [1.82, 2.24) is 14.1 Å². The lowest BCUT2D eigenvalue weighted by Gasteiger charge is -2.21. The Morgan fingerprint density at radius 1 is 0.328 bits per heavy atom. The van der Waals surface area contributed by atoms with Gasteiger partial charge >= 0.3 is 0 Å². The van der Waals surface area contributed by atoms with Crippen molar-refractivity contribution in [3.05, 3.63) is 211 Å². The summed E-state index contributed by atoms with van der Waals surface area (Å²) in [6.45, 7) is 4.40. The van der Waals surface area contributed by atoms with Crippen LogP contribution in [0, 0.1) is 13.8 Å². The number of fused-ring (bicyclic) bond motifs is 6. The highest BCUT2D eigenvalue weighted by Gasteiger charge is 2.24. The van der Waals surface area contributed by atoms with Gasteiger partial charge in [-0.05, 0) is 95.8 Å². The standard InChI is InChI=1S/C55H39N3/c1-36-32-44(38-18-5-3-6-19-38)54(52(34-36)57-48-28-13-9-22-40(48)41-23-10-14-29-49(41)57)46-26-17-27-47(56-46)55-45(39-20-7-4-8-21-39)33-37(2)35-53(55)58-50-30-15-11-24-42(50)43-25-12-16-31-51(43)58/h3-35H,1-2H3. The molecule has 3 heteroatoms. The van der Waals surface area contributed by atoms with Crippen LogP contribution in [-0.4, -0.2) is 14.1 Å². The van der Waals surface area contributed by atoms with Crippen molar-refractivity contribution in [3.63, 3.8) is 0 Å². The summed E-state index contributed by atoms with van der Waals surface area (Å²) in [5.74, 6) is 0. The Kier molecular flexibility index (Phi) is 7.94. The second-order valence-electron chi connectivity index (χ2n) is 15.3. The van der Waals surface area contributed by atoms with Crippen LogP contribution in [0.15, 0.2) is 200 Å². The molecule has 0 bridgehead atoms. The molecule has 274 valence electrons. The van der Waals surface area contributed by atoms with Gasteiger partial charge < -0.3 is 9.13 Å². The van der Waals surface area contributed by atoms with Crippen LogP contribution in [0.4, 0.5) is 0 Å². The fraction of sp³-hybridized carbons (Fsp3) is 0.0364. The highest BCUT2D eigenvalue weighted by Crippen LogP contribution is 2.45. The van der Waals surface area contributed by atoms with Crippen LogP contribution < -0.4 is 0 Å². The second kappa shape index (κ2) is 13.6. The maximum Gasteiger partial charge on any atom is 0.0736 e. The van der Waals surface area contributed by atoms with E-state index in [9.17, 15) is 0 Å². The number of aryl methyl sites for hydroxylation is 2. The number of rotatable bonds is 6. The van der Waals surface area contributed by atoms with Crippen molar-refractivity contribution in [1.29, 1.82) is 0 Å². The Morgan fingerprint density at radius 3 is 1.02 bits per heavy atom. The minimum atomic E-state index is 0.918. The molecule has 0 amide bonds. The molecule has 0 aliphatic heterocycles. The maximum atomic E-state index is 5.78. The molecule has 3 aromatic heterocycles. The molecule has 0 saturated carbocycles. The van der Waals surface area contributed by atoms with Crippen molar-refractivity contribution < 1.29 is 0 Å². The Bertz CT molecular complexity index is 3020. The summed E-state index contributed by atoms with van der Waals surface area (Å²) < 4.78 is 4.89. The van der Waals surface area contributed by atoms with E-state index in [4.69, 9.17) is 4.98 Å². The lowest BCUT2D eigenvalue weighted by Crippen LogP contribution is -2.04. The van der Waals surface area contributed by atoms with Crippen LogP contribution in [0.1, 0.15) is 11.1 Å². The molecular formula is C55H39N3. The third kappa shape index (κ3) is 5.39. The minimum absolute atomic E-state index is 0.918. The first-order valence-corrected chi connectivity index (χ1v) is 20.0. The zero-order chi connectivity index (χ0) is 38.7. The molecule has 0 saturated heterocycles. The number of pyridine rings is 1. The van der Waals surface area contributed by atoms with Gasteiger partial charge in [-0.2, -0.15) is 0 Å². The van der Waals surface area contributed by atoms with Crippen molar-refractivity contribution in [2.75, 3.05) is 0 Å². The Balaban J connectivity index is 1.25. The number of hydrogen-bond donors (Lipinski definition) is 0. The Labute approximate surface area is 337 Å². The lowest BCUT2D eigenvalue weighted by molar-refractivity contribution is 1.15. The smallest absolute Gasteiger partial charge is 0.0736 e. The van der Waals surface area contributed by atoms with E-state index in [1.807, 2.05) is 0 Å². The monoisotopic (exact) mass is 741 g/mol. The van der Waals surface area contributed by atoms with Crippen LogP contribution in [0.2, 0.25) is 0 Å². The fourth-order valence-corrected chi connectivity index (χ4v) is 9.19. The van der Waals surface area contributed by atoms with Gasteiger partial charge in [-0.15, -0.1) is 0 Å².